The first-order chi connectivity index (χ1) is 8.13. The fourth-order valence-electron chi connectivity index (χ4n) is 1.68. The fraction of sp³-hybridized carbons (Fsp3) is 0.538. The van der Waals surface area contributed by atoms with Gasteiger partial charge in [-0.05, 0) is 17.5 Å². The minimum absolute atomic E-state index is 0.441. The lowest BCUT2D eigenvalue weighted by Gasteiger charge is -2.16. The van der Waals surface area contributed by atoms with E-state index in [0.29, 0.717) is 12.5 Å². The minimum Gasteiger partial charge on any atom is -0.493 e. The van der Waals surface area contributed by atoms with Crippen LogP contribution in [0, 0.1) is 0 Å². The van der Waals surface area contributed by atoms with Gasteiger partial charge in [0, 0.05) is 12.1 Å². The van der Waals surface area contributed by atoms with Gasteiger partial charge in [0.15, 0.2) is 11.5 Å². The van der Waals surface area contributed by atoms with Gasteiger partial charge in [-0.1, -0.05) is 19.9 Å². The highest BCUT2D eigenvalue weighted by Crippen LogP contribution is 2.34. The van der Waals surface area contributed by atoms with Crippen LogP contribution in [0.15, 0.2) is 12.1 Å². The van der Waals surface area contributed by atoms with Crippen molar-refractivity contribution in [2.45, 2.75) is 26.3 Å². The first-order valence-electron chi connectivity index (χ1n) is 5.64. The van der Waals surface area contributed by atoms with Gasteiger partial charge in [0.05, 0.1) is 21.3 Å². The van der Waals surface area contributed by atoms with Crippen LogP contribution in [0.25, 0.3) is 0 Å². The monoisotopic (exact) mass is 239 g/mol. The predicted molar refractivity (Wildman–Crippen MR) is 67.5 cm³/mol. The maximum atomic E-state index is 5.38. The zero-order valence-electron chi connectivity index (χ0n) is 11.2. The van der Waals surface area contributed by atoms with E-state index in [4.69, 9.17) is 14.3 Å². The van der Waals surface area contributed by atoms with Gasteiger partial charge < -0.3 is 14.3 Å². The number of nitrogens with one attached hydrogen (secondary N) is 1. The number of hydrogen-bond acceptors (Lipinski definition) is 4. The second-order valence-electron chi connectivity index (χ2n) is 4.10. The van der Waals surface area contributed by atoms with E-state index in [9.17, 15) is 0 Å². The third-order valence-electron chi connectivity index (χ3n) is 2.65. The maximum absolute atomic E-state index is 5.38. The molecule has 0 fully saturated rings. The van der Waals surface area contributed by atoms with Crippen molar-refractivity contribution in [3.8, 4) is 11.5 Å². The van der Waals surface area contributed by atoms with Crippen molar-refractivity contribution in [1.29, 1.82) is 0 Å². The van der Waals surface area contributed by atoms with Crippen LogP contribution < -0.4 is 15.0 Å². The van der Waals surface area contributed by atoms with Gasteiger partial charge in [0.1, 0.15) is 0 Å². The molecule has 0 heterocycles. The van der Waals surface area contributed by atoms with Crippen molar-refractivity contribution in [2.75, 3.05) is 21.3 Å². The van der Waals surface area contributed by atoms with E-state index in [-0.39, 0.29) is 0 Å². The van der Waals surface area contributed by atoms with Gasteiger partial charge >= 0.3 is 0 Å². The van der Waals surface area contributed by atoms with E-state index >= 15 is 0 Å². The number of rotatable bonds is 6. The first-order valence-corrected chi connectivity index (χ1v) is 5.64. The van der Waals surface area contributed by atoms with Crippen LogP contribution in [-0.2, 0) is 11.4 Å². The molecule has 0 aliphatic carbocycles. The Morgan fingerprint density at radius 2 is 1.82 bits per heavy atom. The van der Waals surface area contributed by atoms with Crippen LogP contribution in [0.4, 0.5) is 0 Å². The summed E-state index contributed by atoms with van der Waals surface area (Å²) in [4.78, 5) is 4.87. The van der Waals surface area contributed by atoms with Crippen molar-refractivity contribution in [3.63, 3.8) is 0 Å². The molecule has 1 aromatic rings. The molecule has 4 heteroatoms. The molecule has 0 saturated heterocycles. The molecule has 0 aliphatic heterocycles. The Morgan fingerprint density at radius 3 is 2.29 bits per heavy atom. The van der Waals surface area contributed by atoms with E-state index in [1.807, 2.05) is 6.07 Å². The van der Waals surface area contributed by atoms with Gasteiger partial charge in [-0.3, -0.25) is 0 Å². The average Bonchev–Trinajstić information content (AvgIpc) is 2.34. The van der Waals surface area contributed by atoms with Crippen molar-refractivity contribution in [2.24, 2.45) is 0 Å². The molecule has 0 spiro atoms. The largest absolute Gasteiger partial charge is 0.493 e. The SMILES string of the molecule is CONCc1cc(C(C)C)cc(OC)c1OC. The molecule has 1 N–H and O–H groups in total. The Kier molecular flexibility index (Phi) is 5.25. The van der Waals surface area contributed by atoms with Crippen LogP contribution >= 0.6 is 0 Å². The smallest absolute Gasteiger partial charge is 0.165 e. The number of benzene rings is 1. The van der Waals surface area contributed by atoms with Crippen LogP contribution in [0.5, 0.6) is 11.5 Å². The normalized spacial score (nSPS) is 10.7. The molecule has 4 nitrogen and oxygen atoms in total. The van der Waals surface area contributed by atoms with E-state index in [1.165, 1.54) is 5.56 Å². The van der Waals surface area contributed by atoms with Crippen molar-refractivity contribution in [1.82, 2.24) is 5.48 Å². The van der Waals surface area contributed by atoms with Gasteiger partial charge in [-0.15, -0.1) is 0 Å². The van der Waals surface area contributed by atoms with E-state index in [1.54, 1.807) is 21.3 Å². The Labute approximate surface area is 103 Å². The lowest BCUT2D eigenvalue weighted by atomic mass is 9.99. The summed E-state index contributed by atoms with van der Waals surface area (Å²) in [6.45, 7) is 4.88. The summed E-state index contributed by atoms with van der Waals surface area (Å²) in [5, 5.41) is 0. The Morgan fingerprint density at radius 1 is 1.12 bits per heavy atom. The molecule has 0 saturated carbocycles. The number of methoxy groups -OCH3 is 2. The van der Waals surface area contributed by atoms with Gasteiger partial charge in [-0.25, -0.2) is 0 Å². The lowest BCUT2D eigenvalue weighted by Crippen LogP contribution is -2.12. The van der Waals surface area contributed by atoms with Crippen molar-refractivity contribution in [3.05, 3.63) is 23.3 Å². The molecular weight excluding hydrogens is 218 g/mol. The molecule has 96 valence electrons. The van der Waals surface area contributed by atoms with Crippen molar-refractivity contribution >= 4 is 0 Å². The number of hydroxylamine groups is 1. The summed E-state index contributed by atoms with van der Waals surface area (Å²) in [7, 11) is 4.88. The third-order valence-corrected chi connectivity index (χ3v) is 2.65. The van der Waals surface area contributed by atoms with Crippen LogP contribution in [0.1, 0.15) is 30.9 Å². The Balaban J connectivity index is 3.17. The Bertz CT molecular complexity index is 364. The van der Waals surface area contributed by atoms with E-state index in [2.05, 4.69) is 25.4 Å². The average molecular weight is 239 g/mol. The fourth-order valence-corrected chi connectivity index (χ4v) is 1.68. The maximum Gasteiger partial charge on any atom is 0.165 e. The van der Waals surface area contributed by atoms with E-state index < -0.39 is 0 Å². The summed E-state index contributed by atoms with van der Waals surface area (Å²) in [6.07, 6.45) is 0. The first kappa shape index (κ1) is 13.8. The van der Waals surface area contributed by atoms with Gasteiger partial charge in [0.2, 0.25) is 0 Å². The highest BCUT2D eigenvalue weighted by molar-refractivity contribution is 5.50. The quantitative estimate of drug-likeness (QED) is 0.774. The van der Waals surface area contributed by atoms with Crippen LogP contribution in [0.2, 0.25) is 0 Å². The number of ether oxygens (including phenoxy) is 2. The summed E-state index contributed by atoms with van der Waals surface area (Å²) in [6, 6.07) is 4.12. The topological polar surface area (TPSA) is 39.7 Å². The zero-order valence-corrected chi connectivity index (χ0v) is 11.2. The molecule has 0 bridgehead atoms. The Hall–Kier alpha value is -1.26. The lowest BCUT2D eigenvalue weighted by molar-refractivity contribution is 0.0860. The second kappa shape index (κ2) is 6.47. The highest BCUT2D eigenvalue weighted by Gasteiger charge is 2.13. The third kappa shape index (κ3) is 3.35. The molecule has 1 aromatic carbocycles. The van der Waals surface area contributed by atoms with Gasteiger partial charge in [0.25, 0.3) is 0 Å². The number of hydrogen-bond donors (Lipinski definition) is 1. The summed E-state index contributed by atoms with van der Waals surface area (Å²) < 4.78 is 10.7. The molecule has 0 aromatic heterocycles. The zero-order chi connectivity index (χ0) is 12.8. The van der Waals surface area contributed by atoms with Gasteiger partial charge in [-0.2, -0.15) is 5.48 Å². The highest BCUT2D eigenvalue weighted by atomic mass is 16.6. The standard InChI is InChI=1S/C13H21NO3/c1-9(2)10-6-11(8-14-17-5)13(16-4)12(7-10)15-3/h6-7,9,14H,8H2,1-5H3. The van der Waals surface area contributed by atoms with Crippen LogP contribution in [0.3, 0.4) is 0 Å². The molecule has 0 amide bonds. The summed E-state index contributed by atoms with van der Waals surface area (Å²) in [5.74, 6) is 1.95. The molecule has 0 aliphatic rings. The summed E-state index contributed by atoms with van der Waals surface area (Å²) in [5.41, 5.74) is 5.06. The van der Waals surface area contributed by atoms with E-state index in [0.717, 1.165) is 17.1 Å². The summed E-state index contributed by atoms with van der Waals surface area (Å²) >= 11 is 0. The second-order valence-corrected chi connectivity index (χ2v) is 4.10. The predicted octanol–water partition coefficient (Wildman–Crippen LogP) is 2.48. The molecule has 0 unspecified atom stereocenters. The molecule has 1 rings (SSSR count). The molecule has 0 radical (unpaired) electrons. The molecular formula is C13H21NO3. The van der Waals surface area contributed by atoms with Crippen molar-refractivity contribution < 1.29 is 14.3 Å². The minimum atomic E-state index is 0.441. The molecule has 0 atom stereocenters. The molecule has 17 heavy (non-hydrogen) atoms. The van der Waals surface area contributed by atoms with Crippen LogP contribution in [-0.4, -0.2) is 21.3 Å².